The number of rotatable bonds is 5. The van der Waals surface area contributed by atoms with E-state index < -0.39 is 5.60 Å². The summed E-state index contributed by atoms with van der Waals surface area (Å²) in [5.41, 5.74) is -0.405. The number of esters is 1. The molecule has 0 radical (unpaired) electrons. The molecule has 0 N–H and O–H groups in total. The van der Waals surface area contributed by atoms with Gasteiger partial charge in [-0.15, -0.1) is 0 Å². The summed E-state index contributed by atoms with van der Waals surface area (Å²) >= 11 is 0. The quantitative estimate of drug-likeness (QED) is 0.506. The summed E-state index contributed by atoms with van der Waals surface area (Å²) < 4.78 is 5.12. The van der Waals surface area contributed by atoms with Crippen LogP contribution in [0, 0.1) is 0 Å². The van der Waals surface area contributed by atoms with Crippen molar-refractivity contribution in [1.29, 1.82) is 0 Å². The van der Waals surface area contributed by atoms with Gasteiger partial charge < -0.3 is 9.53 Å². The Morgan fingerprint density at radius 3 is 2.00 bits per heavy atom. The molecule has 82 valence electrons. The zero-order chi connectivity index (χ0) is 11.2. The lowest BCUT2D eigenvalue weighted by Crippen LogP contribution is -2.23. The summed E-state index contributed by atoms with van der Waals surface area (Å²) in [5.74, 6) is -0.00441. The van der Waals surface area contributed by atoms with Crippen LogP contribution < -0.4 is 0 Å². The van der Waals surface area contributed by atoms with Crippen molar-refractivity contribution in [2.75, 3.05) is 0 Å². The monoisotopic (exact) mass is 200 g/mol. The molecule has 0 heterocycles. The molecule has 0 aromatic rings. The van der Waals surface area contributed by atoms with Gasteiger partial charge in [0.2, 0.25) is 0 Å². The largest absolute Gasteiger partial charge is 0.460 e. The van der Waals surface area contributed by atoms with E-state index in [0.717, 1.165) is 12.8 Å². The smallest absolute Gasteiger partial charge is 0.306 e. The van der Waals surface area contributed by atoms with Crippen LogP contribution in [0.1, 0.15) is 53.4 Å². The number of hydrogen-bond donors (Lipinski definition) is 0. The van der Waals surface area contributed by atoms with Crippen LogP contribution in [0.2, 0.25) is 0 Å². The Kier molecular flexibility index (Phi) is 5.43. The molecular weight excluding hydrogens is 180 g/mol. The van der Waals surface area contributed by atoms with Crippen LogP contribution in [0.25, 0.3) is 0 Å². The Balaban J connectivity index is 3.50. The first-order valence-electron chi connectivity index (χ1n) is 5.02. The number of ether oxygens (including phenoxy) is 1. The highest BCUT2D eigenvalue weighted by Crippen LogP contribution is 2.10. The van der Waals surface area contributed by atoms with Crippen LogP contribution >= 0.6 is 0 Å². The molecule has 0 aromatic heterocycles. The fourth-order valence-corrected chi connectivity index (χ4v) is 1.04. The van der Waals surface area contributed by atoms with Crippen molar-refractivity contribution >= 4 is 11.8 Å². The molecule has 0 spiro atoms. The summed E-state index contributed by atoms with van der Waals surface area (Å²) in [4.78, 5) is 21.8. The molecule has 3 heteroatoms. The maximum Gasteiger partial charge on any atom is 0.306 e. The summed E-state index contributed by atoms with van der Waals surface area (Å²) in [6, 6.07) is 0. The predicted molar refractivity (Wildman–Crippen MR) is 55.0 cm³/mol. The van der Waals surface area contributed by atoms with Crippen LogP contribution in [-0.4, -0.2) is 17.4 Å². The maximum atomic E-state index is 11.2. The van der Waals surface area contributed by atoms with E-state index in [2.05, 4.69) is 0 Å². The van der Waals surface area contributed by atoms with E-state index in [1.165, 1.54) is 0 Å². The minimum absolute atomic E-state index is 0.175. The van der Waals surface area contributed by atoms with E-state index in [9.17, 15) is 9.59 Å². The second kappa shape index (κ2) is 5.78. The molecule has 0 bridgehead atoms. The van der Waals surface area contributed by atoms with E-state index in [-0.39, 0.29) is 11.8 Å². The molecule has 0 unspecified atom stereocenters. The van der Waals surface area contributed by atoms with Gasteiger partial charge in [-0.05, 0) is 40.5 Å². The van der Waals surface area contributed by atoms with Crippen molar-refractivity contribution in [3.05, 3.63) is 0 Å². The molecule has 0 fully saturated rings. The Hall–Kier alpha value is -0.860. The molecular formula is C11H20O3. The molecule has 0 aliphatic carbocycles. The maximum absolute atomic E-state index is 11.2. The minimum Gasteiger partial charge on any atom is -0.460 e. The third kappa shape index (κ3) is 9.23. The molecule has 0 saturated carbocycles. The number of hydrogen-bond acceptors (Lipinski definition) is 3. The number of carbonyl (C=O) groups excluding carboxylic acids is 2. The highest BCUT2D eigenvalue weighted by atomic mass is 16.6. The third-order valence-corrected chi connectivity index (χ3v) is 1.58. The SMILES string of the molecule is CC(=O)CCCCC(=O)OC(C)(C)C. The lowest BCUT2D eigenvalue weighted by atomic mass is 10.1. The molecule has 0 aliphatic heterocycles. The van der Waals surface area contributed by atoms with E-state index in [1.807, 2.05) is 20.8 Å². The Morgan fingerprint density at radius 1 is 1.07 bits per heavy atom. The normalized spacial score (nSPS) is 11.1. The molecule has 0 aromatic carbocycles. The summed E-state index contributed by atoms with van der Waals surface area (Å²) in [5, 5.41) is 0. The Labute approximate surface area is 85.8 Å². The predicted octanol–water partition coefficient (Wildman–Crippen LogP) is 2.48. The summed E-state index contributed by atoms with van der Waals surface area (Å²) in [6.45, 7) is 7.11. The van der Waals surface area contributed by atoms with Gasteiger partial charge in [-0.3, -0.25) is 4.79 Å². The second-order valence-corrected chi connectivity index (χ2v) is 4.50. The highest BCUT2D eigenvalue weighted by Gasteiger charge is 2.15. The van der Waals surface area contributed by atoms with Crippen molar-refractivity contribution in [3.8, 4) is 0 Å². The van der Waals surface area contributed by atoms with Gasteiger partial charge in [0.15, 0.2) is 0 Å². The first-order valence-corrected chi connectivity index (χ1v) is 5.02. The van der Waals surface area contributed by atoms with Gasteiger partial charge in [-0.2, -0.15) is 0 Å². The molecule has 0 atom stereocenters. The molecule has 14 heavy (non-hydrogen) atoms. The third-order valence-electron chi connectivity index (χ3n) is 1.58. The first-order chi connectivity index (χ1) is 6.31. The zero-order valence-corrected chi connectivity index (χ0v) is 9.55. The fourth-order valence-electron chi connectivity index (χ4n) is 1.04. The van der Waals surface area contributed by atoms with Crippen molar-refractivity contribution in [1.82, 2.24) is 0 Å². The van der Waals surface area contributed by atoms with Gasteiger partial charge in [0, 0.05) is 12.8 Å². The fraction of sp³-hybridized carbons (Fsp3) is 0.818. The molecule has 0 aliphatic rings. The zero-order valence-electron chi connectivity index (χ0n) is 9.55. The topological polar surface area (TPSA) is 43.4 Å². The number of unbranched alkanes of at least 4 members (excludes halogenated alkanes) is 1. The number of ketones is 1. The van der Waals surface area contributed by atoms with E-state index in [0.29, 0.717) is 12.8 Å². The second-order valence-electron chi connectivity index (χ2n) is 4.50. The standard InChI is InChI=1S/C11H20O3/c1-9(12)7-5-6-8-10(13)14-11(2,3)4/h5-8H2,1-4H3. The lowest BCUT2D eigenvalue weighted by molar-refractivity contribution is -0.155. The van der Waals surface area contributed by atoms with Crippen molar-refractivity contribution in [2.24, 2.45) is 0 Å². The van der Waals surface area contributed by atoms with Gasteiger partial charge in [-0.1, -0.05) is 0 Å². The Bertz CT molecular complexity index is 201. The number of Topliss-reactive ketones (excluding diaryl/α,β-unsaturated/α-hetero) is 1. The van der Waals surface area contributed by atoms with Gasteiger partial charge in [0.05, 0.1) is 0 Å². The van der Waals surface area contributed by atoms with Gasteiger partial charge in [0.1, 0.15) is 11.4 Å². The van der Waals surface area contributed by atoms with Crippen LogP contribution in [-0.2, 0) is 14.3 Å². The van der Waals surface area contributed by atoms with Gasteiger partial charge >= 0.3 is 5.97 Å². The van der Waals surface area contributed by atoms with Crippen molar-refractivity contribution in [3.63, 3.8) is 0 Å². The molecule has 3 nitrogen and oxygen atoms in total. The Morgan fingerprint density at radius 2 is 1.57 bits per heavy atom. The van der Waals surface area contributed by atoms with Crippen LogP contribution in [0.3, 0.4) is 0 Å². The van der Waals surface area contributed by atoms with E-state index >= 15 is 0 Å². The lowest BCUT2D eigenvalue weighted by Gasteiger charge is -2.19. The van der Waals surface area contributed by atoms with Crippen LogP contribution in [0.5, 0.6) is 0 Å². The molecule has 0 amide bonds. The van der Waals surface area contributed by atoms with E-state index in [4.69, 9.17) is 4.74 Å². The van der Waals surface area contributed by atoms with Gasteiger partial charge in [-0.25, -0.2) is 0 Å². The molecule has 0 rings (SSSR count). The van der Waals surface area contributed by atoms with Crippen molar-refractivity contribution < 1.29 is 14.3 Å². The first kappa shape index (κ1) is 13.1. The molecule has 0 saturated heterocycles. The van der Waals surface area contributed by atoms with Crippen LogP contribution in [0.15, 0.2) is 0 Å². The summed E-state index contributed by atoms with van der Waals surface area (Å²) in [6.07, 6.45) is 2.47. The van der Waals surface area contributed by atoms with Crippen molar-refractivity contribution in [2.45, 2.75) is 59.0 Å². The minimum atomic E-state index is -0.405. The average molecular weight is 200 g/mol. The number of carbonyl (C=O) groups is 2. The summed E-state index contributed by atoms with van der Waals surface area (Å²) in [7, 11) is 0. The van der Waals surface area contributed by atoms with Gasteiger partial charge in [0.25, 0.3) is 0 Å². The average Bonchev–Trinajstić information content (AvgIpc) is 1.94. The van der Waals surface area contributed by atoms with Crippen LogP contribution in [0.4, 0.5) is 0 Å². The highest BCUT2D eigenvalue weighted by molar-refractivity contribution is 5.75. The van der Waals surface area contributed by atoms with E-state index in [1.54, 1.807) is 6.92 Å².